The van der Waals surface area contributed by atoms with E-state index in [1.807, 2.05) is 40.3 Å². The lowest BCUT2D eigenvalue weighted by molar-refractivity contribution is -0.122. The Morgan fingerprint density at radius 1 is 0.930 bits per heavy atom. The van der Waals surface area contributed by atoms with Crippen LogP contribution in [0.4, 0.5) is 5.69 Å². The molecule has 4 aromatic rings. The Morgan fingerprint density at radius 3 is 2.44 bits per heavy atom. The van der Waals surface area contributed by atoms with Crippen LogP contribution < -0.4 is 9.64 Å². The summed E-state index contributed by atoms with van der Waals surface area (Å²) in [7, 11) is 1.53. The minimum absolute atomic E-state index is 0.00635. The zero-order valence-electron chi connectivity index (χ0n) is 24.7. The first kappa shape index (κ1) is 29.9. The van der Waals surface area contributed by atoms with Crippen LogP contribution in [0.15, 0.2) is 71.6 Å². The number of aryl methyl sites for hydroxylation is 1. The molecule has 0 atom stereocenters. The molecule has 0 saturated carbocycles. The molecule has 0 saturated heterocycles. The number of hydrogen-bond donors (Lipinski definition) is 0. The van der Waals surface area contributed by atoms with Crippen LogP contribution >= 0.6 is 0 Å². The molecule has 224 valence electrons. The highest BCUT2D eigenvalue weighted by atomic mass is 16.6. The average molecular weight is 584 g/mol. The van der Waals surface area contributed by atoms with Gasteiger partial charge in [-0.1, -0.05) is 41.7 Å². The molecule has 0 bridgehead atoms. The van der Waals surface area contributed by atoms with Crippen LogP contribution in [-0.4, -0.2) is 58.8 Å². The summed E-state index contributed by atoms with van der Waals surface area (Å²) in [4.78, 5) is 35.2. The third-order valence-corrected chi connectivity index (χ3v) is 7.62. The largest absolute Gasteiger partial charge is 0.487 e. The van der Waals surface area contributed by atoms with Gasteiger partial charge in [0.05, 0.1) is 0 Å². The highest BCUT2D eigenvalue weighted by Crippen LogP contribution is 2.30. The van der Waals surface area contributed by atoms with Crippen LogP contribution in [0.2, 0.25) is 0 Å². The molecule has 2 aromatic heterocycles. The van der Waals surface area contributed by atoms with E-state index in [-0.39, 0.29) is 25.0 Å². The van der Waals surface area contributed by atoms with Gasteiger partial charge in [-0.3, -0.25) is 14.6 Å². The Labute approximate surface area is 251 Å². The van der Waals surface area contributed by atoms with Crippen molar-refractivity contribution in [1.82, 2.24) is 20.2 Å². The number of carbonyl (C=O) groups is 2. The molecule has 0 aliphatic carbocycles. The van der Waals surface area contributed by atoms with Gasteiger partial charge in [0.25, 0.3) is 11.8 Å². The monoisotopic (exact) mass is 583 g/mol. The maximum Gasteiger partial charge on any atom is 0.254 e. The van der Waals surface area contributed by atoms with E-state index in [2.05, 4.69) is 21.4 Å². The molecule has 1 aliphatic heterocycles. The molecule has 2 amide bonds. The number of anilines is 1. The van der Waals surface area contributed by atoms with Gasteiger partial charge >= 0.3 is 0 Å². The van der Waals surface area contributed by atoms with E-state index in [1.165, 1.54) is 7.11 Å². The number of amides is 2. The van der Waals surface area contributed by atoms with Crippen LogP contribution in [0.1, 0.15) is 59.4 Å². The molecule has 0 radical (unpaired) electrons. The maximum absolute atomic E-state index is 13.9. The van der Waals surface area contributed by atoms with Crippen molar-refractivity contribution in [3.8, 4) is 16.9 Å². The SMILES string of the molecule is COCC(=O)N1CCCCCCCN(C(=O)c2ccc(OCc3nonc3C)cc2)Cc2cc(-c3cccnc3)ccc21. The van der Waals surface area contributed by atoms with Crippen molar-refractivity contribution in [3.63, 3.8) is 0 Å². The molecule has 0 N–H and O–H groups in total. The fourth-order valence-corrected chi connectivity index (χ4v) is 5.24. The van der Waals surface area contributed by atoms with Crippen LogP contribution in [0, 0.1) is 6.92 Å². The zero-order valence-corrected chi connectivity index (χ0v) is 24.7. The third kappa shape index (κ3) is 7.64. The molecule has 5 rings (SSSR count). The van der Waals surface area contributed by atoms with Gasteiger partial charge in [0.1, 0.15) is 30.4 Å². The lowest BCUT2D eigenvalue weighted by Gasteiger charge is -2.30. The van der Waals surface area contributed by atoms with Crippen LogP contribution in [0.5, 0.6) is 5.75 Å². The number of rotatable bonds is 7. The summed E-state index contributed by atoms with van der Waals surface area (Å²) < 4.78 is 15.8. The maximum atomic E-state index is 13.9. The van der Waals surface area contributed by atoms with Gasteiger partial charge in [-0.2, -0.15) is 0 Å². The highest BCUT2D eigenvalue weighted by molar-refractivity contribution is 5.96. The van der Waals surface area contributed by atoms with Gasteiger partial charge in [-0.05, 0) is 78.9 Å². The second-order valence-electron chi connectivity index (χ2n) is 10.7. The Hall–Kier alpha value is -4.57. The minimum Gasteiger partial charge on any atom is -0.487 e. The summed E-state index contributed by atoms with van der Waals surface area (Å²) in [5.74, 6) is 0.444. The van der Waals surface area contributed by atoms with Gasteiger partial charge in [-0.15, -0.1) is 0 Å². The molecule has 10 nitrogen and oxygen atoms in total. The lowest BCUT2D eigenvalue weighted by atomic mass is 10.0. The van der Waals surface area contributed by atoms with Crippen molar-refractivity contribution in [2.24, 2.45) is 0 Å². The van der Waals surface area contributed by atoms with E-state index in [0.717, 1.165) is 54.5 Å². The lowest BCUT2D eigenvalue weighted by Crippen LogP contribution is -2.37. The van der Waals surface area contributed by atoms with E-state index >= 15 is 0 Å². The number of nitrogens with zero attached hydrogens (tertiary/aromatic N) is 5. The quantitative estimate of drug-likeness (QED) is 0.276. The van der Waals surface area contributed by atoms with Crippen molar-refractivity contribution >= 4 is 17.5 Å². The Kier molecular flexibility index (Phi) is 10.1. The number of methoxy groups -OCH3 is 1. The third-order valence-electron chi connectivity index (χ3n) is 7.62. The van der Waals surface area contributed by atoms with Gasteiger partial charge < -0.3 is 19.3 Å². The Morgan fingerprint density at radius 2 is 1.72 bits per heavy atom. The van der Waals surface area contributed by atoms with Gasteiger partial charge in [-0.25, -0.2) is 4.63 Å². The number of aromatic nitrogens is 3. The van der Waals surface area contributed by atoms with Crippen molar-refractivity contribution in [2.75, 3.05) is 31.7 Å². The molecular weight excluding hydrogens is 546 g/mol. The van der Waals surface area contributed by atoms with E-state index in [4.69, 9.17) is 14.1 Å². The summed E-state index contributed by atoms with van der Waals surface area (Å²) in [5.41, 5.74) is 5.51. The van der Waals surface area contributed by atoms with Crippen LogP contribution in [0.3, 0.4) is 0 Å². The zero-order chi connectivity index (χ0) is 30.0. The molecular formula is C33H37N5O5. The smallest absolute Gasteiger partial charge is 0.254 e. The van der Waals surface area contributed by atoms with Crippen molar-refractivity contribution in [2.45, 2.75) is 52.2 Å². The van der Waals surface area contributed by atoms with E-state index in [0.29, 0.717) is 42.3 Å². The number of fused-ring (bicyclic) bond motifs is 1. The number of ether oxygens (including phenoxy) is 2. The second kappa shape index (κ2) is 14.6. The number of hydrogen-bond acceptors (Lipinski definition) is 8. The predicted octanol–water partition coefficient (Wildman–Crippen LogP) is 5.60. The van der Waals surface area contributed by atoms with E-state index in [1.54, 1.807) is 37.4 Å². The van der Waals surface area contributed by atoms with Crippen molar-refractivity contribution in [1.29, 1.82) is 0 Å². The number of pyridine rings is 1. The first-order chi connectivity index (χ1) is 21.0. The Bertz CT molecular complexity index is 1510. The number of carbonyl (C=O) groups excluding carboxylic acids is 2. The summed E-state index contributed by atoms with van der Waals surface area (Å²) in [6, 6.07) is 17.1. The highest BCUT2D eigenvalue weighted by Gasteiger charge is 2.23. The molecule has 43 heavy (non-hydrogen) atoms. The second-order valence-corrected chi connectivity index (χ2v) is 10.7. The topological polar surface area (TPSA) is 111 Å². The van der Waals surface area contributed by atoms with Gasteiger partial charge in [0.15, 0.2) is 0 Å². The molecule has 0 unspecified atom stereocenters. The fourth-order valence-electron chi connectivity index (χ4n) is 5.24. The molecule has 0 spiro atoms. The van der Waals surface area contributed by atoms with E-state index in [9.17, 15) is 9.59 Å². The molecule has 10 heteroatoms. The summed E-state index contributed by atoms with van der Waals surface area (Å²) in [5, 5.41) is 7.62. The van der Waals surface area contributed by atoms with Gasteiger partial charge in [0.2, 0.25) is 0 Å². The van der Waals surface area contributed by atoms with Crippen LogP contribution in [-0.2, 0) is 22.7 Å². The summed E-state index contributed by atoms with van der Waals surface area (Å²) >= 11 is 0. The fraction of sp³-hybridized carbons (Fsp3) is 0.364. The van der Waals surface area contributed by atoms with E-state index < -0.39 is 0 Å². The van der Waals surface area contributed by atoms with Crippen LogP contribution in [0.25, 0.3) is 11.1 Å². The normalized spacial score (nSPS) is 14.4. The average Bonchev–Trinajstić information content (AvgIpc) is 3.45. The van der Waals surface area contributed by atoms with Crippen molar-refractivity contribution < 1.29 is 23.7 Å². The Balaban J connectivity index is 1.44. The molecule has 0 fully saturated rings. The minimum atomic E-state index is -0.0972. The summed E-state index contributed by atoms with van der Waals surface area (Å²) in [6.07, 6.45) is 8.45. The molecule has 1 aliphatic rings. The first-order valence-electron chi connectivity index (χ1n) is 14.7. The molecule has 3 heterocycles. The molecule has 2 aromatic carbocycles. The van der Waals surface area contributed by atoms with Crippen molar-refractivity contribution in [3.05, 3.63) is 89.5 Å². The number of benzene rings is 2. The van der Waals surface area contributed by atoms with Gasteiger partial charge in [0, 0.05) is 50.4 Å². The summed E-state index contributed by atoms with van der Waals surface area (Å²) in [6.45, 7) is 3.59. The standard InChI is InChI=1S/C33H37N5O5/c1-24-30(36-43-35-24)22-42-29-13-10-25(11-14-29)33(40)37-17-6-4-3-5-7-18-38(32(39)23-41-2)31-15-12-26(19-28(31)21-37)27-9-8-16-34-20-27/h8-16,19-20H,3-7,17-18,21-23H2,1-2H3. The predicted molar refractivity (Wildman–Crippen MR) is 162 cm³/mol. The first-order valence-corrected chi connectivity index (χ1v) is 14.7.